The second kappa shape index (κ2) is 15.0. The summed E-state index contributed by atoms with van der Waals surface area (Å²) in [6, 6.07) is 11.1. The van der Waals surface area contributed by atoms with E-state index >= 15 is 0 Å². The van der Waals surface area contributed by atoms with Crippen LogP contribution in [0.5, 0.6) is 0 Å². The molecule has 2 aliphatic heterocycles. The quantitative estimate of drug-likeness (QED) is 0.157. The summed E-state index contributed by atoms with van der Waals surface area (Å²) in [5.74, 6) is 0.567. The molecule has 2 aromatic rings. The molecule has 0 spiro atoms. The lowest BCUT2D eigenvalue weighted by Gasteiger charge is -2.26. The Hall–Kier alpha value is -2.41. The second-order valence-electron chi connectivity index (χ2n) is 11.0. The fourth-order valence-corrected chi connectivity index (χ4v) is 7.15. The van der Waals surface area contributed by atoms with Crippen LogP contribution in [0.25, 0.3) is 5.57 Å². The Morgan fingerprint density at radius 3 is 2.84 bits per heavy atom. The number of hydrogen-bond donors (Lipinski definition) is 3. The van der Waals surface area contributed by atoms with Crippen molar-refractivity contribution in [2.45, 2.75) is 44.8 Å². The number of dihydropyridines is 1. The van der Waals surface area contributed by atoms with Gasteiger partial charge in [0.15, 0.2) is 0 Å². The van der Waals surface area contributed by atoms with Crippen molar-refractivity contribution in [1.82, 2.24) is 10.6 Å². The normalized spacial score (nSPS) is 21.7. The van der Waals surface area contributed by atoms with E-state index in [1.807, 2.05) is 25.6 Å². The number of aliphatic imine (C=N–C) groups is 2. The van der Waals surface area contributed by atoms with Gasteiger partial charge in [0.1, 0.15) is 6.17 Å². The van der Waals surface area contributed by atoms with Crippen molar-refractivity contribution in [3.63, 3.8) is 0 Å². The molecule has 3 aliphatic rings. The topological polar surface area (TPSA) is 72.6 Å². The minimum Gasteiger partial charge on any atom is -0.387 e. The number of benzene rings is 1. The van der Waals surface area contributed by atoms with Gasteiger partial charge in [-0.05, 0) is 123 Å². The molecule has 0 bridgehead atoms. The standard InChI is InChI=1S/C35H37I2N5S/c1-22(26-11-15-30(36)31(37)19-26)6-7-23(2)34(38)29-5-4-18-40-35(29)42-21-28-14-17-33(43-28)25-9-8-24-10-13-27(39-3)20-41-32(24)16-12-25/h4-5,8-9,11-20,22,24,29,35,38-39,42H,2,6-7,10,21H2,1,3H3. The molecule has 4 unspecified atom stereocenters. The number of nitrogens with zero attached hydrogens (tertiary/aromatic N) is 2. The molecule has 1 aliphatic carbocycles. The zero-order valence-corrected chi connectivity index (χ0v) is 29.6. The van der Waals surface area contributed by atoms with E-state index in [0.29, 0.717) is 18.2 Å². The highest BCUT2D eigenvalue weighted by Crippen LogP contribution is 2.32. The first-order valence-electron chi connectivity index (χ1n) is 14.6. The molecule has 0 fully saturated rings. The molecule has 4 atom stereocenters. The van der Waals surface area contributed by atoms with Crippen molar-refractivity contribution in [1.29, 1.82) is 5.41 Å². The van der Waals surface area contributed by atoms with E-state index in [-0.39, 0.29) is 18.0 Å². The van der Waals surface area contributed by atoms with Gasteiger partial charge in [-0.15, -0.1) is 11.3 Å². The van der Waals surface area contributed by atoms with E-state index in [0.717, 1.165) is 36.2 Å². The number of fused-ring (bicyclic) bond motifs is 1. The molecule has 0 amide bonds. The van der Waals surface area contributed by atoms with Crippen LogP contribution in [0.15, 0.2) is 106 Å². The molecule has 1 aromatic heterocycles. The highest BCUT2D eigenvalue weighted by molar-refractivity contribution is 14.1. The van der Waals surface area contributed by atoms with Crippen molar-refractivity contribution in [2.24, 2.45) is 21.8 Å². The molecular weight excluding hydrogens is 776 g/mol. The molecule has 0 saturated carbocycles. The molecule has 1 aromatic carbocycles. The van der Waals surface area contributed by atoms with Crippen LogP contribution in [0.4, 0.5) is 0 Å². The fraction of sp³-hybridized carbons (Fsp3) is 0.286. The summed E-state index contributed by atoms with van der Waals surface area (Å²) in [7, 11) is 1.93. The van der Waals surface area contributed by atoms with Crippen molar-refractivity contribution in [3.8, 4) is 0 Å². The van der Waals surface area contributed by atoms with Crippen molar-refractivity contribution in [3.05, 3.63) is 119 Å². The molecule has 3 N–H and O–H groups in total. The predicted octanol–water partition coefficient (Wildman–Crippen LogP) is 8.82. The van der Waals surface area contributed by atoms with E-state index < -0.39 is 0 Å². The third kappa shape index (κ3) is 8.20. The highest BCUT2D eigenvalue weighted by Gasteiger charge is 2.26. The summed E-state index contributed by atoms with van der Waals surface area (Å²) in [6.07, 6.45) is 21.3. The van der Waals surface area contributed by atoms with E-state index in [9.17, 15) is 0 Å². The van der Waals surface area contributed by atoms with Crippen molar-refractivity contribution in [2.75, 3.05) is 7.05 Å². The second-order valence-corrected chi connectivity index (χ2v) is 14.5. The Morgan fingerprint density at radius 1 is 1.16 bits per heavy atom. The molecule has 222 valence electrons. The maximum atomic E-state index is 8.98. The predicted molar refractivity (Wildman–Crippen MR) is 201 cm³/mol. The zero-order chi connectivity index (χ0) is 30.3. The zero-order valence-electron chi connectivity index (χ0n) is 24.5. The van der Waals surface area contributed by atoms with Crippen LogP contribution in [-0.2, 0) is 6.54 Å². The summed E-state index contributed by atoms with van der Waals surface area (Å²) in [6.45, 7) is 7.27. The number of thiophene rings is 1. The average molecular weight is 814 g/mol. The number of hydrogen-bond acceptors (Lipinski definition) is 6. The number of rotatable bonds is 11. The maximum Gasteiger partial charge on any atom is 0.112 e. The van der Waals surface area contributed by atoms with Crippen LogP contribution in [-0.4, -0.2) is 31.4 Å². The molecular formula is C35H37I2N5S. The van der Waals surface area contributed by atoms with Gasteiger partial charge in [0.05, 0.1) is 5.92 Å². The lowest BCUT2D eigenvalue weighted by atomic mass is 9.88. The van der Waals surface area contributed by atoms with Gasteiger partial charge < -0.3 is 10.7 Å². The van der Waals surface area contributed by atoms with Crippen molar-refractivity contribution < 1.29 is 0 Å². The highest BCUT2D eigenvalue weighted by atomic mass is 127. The Morgan fingerprint density at radius 2 is 2.02 bits per heavy atom. The smallest absolute Gasteiger partial charge is 0.112 e. The molecule has 8 heteroatoms. The molecule has 0 saturated heterocycles. The fourth-order valence-electron chi connectivity index (χ4n) is 5.32. The first-order chi connectivity index (χ1) is 20.8. The average Bonchev–Trinajstić information content (AvgIpc) is 3.28. The number of halogens is 2. The summed E-state index contributed by atoms with van der Waals surface area (Å²) >= 11 is 6.57. The van der Waals surface area contributed by atoms with Crippen LogP contribution in [0, 0.1) is 24.4 Å². The number of allylic oxidation sites excluding steroid dienone is 9. The van der Waals surface area contributed by atoms with Gasteiger partial charge in [-0.25, -0.2) is 0 Å². The third-order valence-corrected chi connectivity index (χ3v) is 12.1. The van der Waals surface area contributed by atoms with Crippen LogP contribution >= 0.6 is 56.5 Å². The summed E-state index contributed by atoms with van der Waals surface area (Å²) < 4.78 is 2.57. The summed E-state index contributed by atoms with van der Waals surface area (Å²) in [5, 5.41) is 15.8. The van der Waals surface area contributed by atoms with Gasteiger partial charge in [0, 0.05) is 65.9 Å². The lowest BCUT2D eigenvalue weighted by Crippen LogP contribution is -2.39. The molecule has 43 heavy (non-hydrogen) atoms. The van der Waals surface area contributed by atoms with Crippen LogP contribution < -0.4 is 10.6 Å². The Labute approximate surface area is 286 Å². The summed E-state index contributed by atoms with van der Waals surface area (Å²) in [4.78, 5) is 11.9. The van der Waals surface area contributed by atoms with Gasteiger partial charge in [-0.1, -0.05) is 49.9 Å². The van der Waals surface area contributed by atoms with Gasteiger partial charge in [0.2, 0.25) is 0 Å². The maximum absolute atomic E-state index is 8.98. The van der Waals surface area contributed by atoms with Gasteiger partial charge in [-0.3, -0.25) is 15.3 Å². The van der Waals surface area contributed by atoms with Crippen molar-refractivity contribution >= 4 is 80.2 Å². The van der Waals surface area contributed by atoms with Gasteiger partial charge in [-0.2, -0.15) is 0 Å². The lowest BCUT2D eigenvalue weighted by molar-refractivity contribution is 0.486. The first kappa shape index (κ1) is 32.0. The molecule has 5 nitrogen and oxygen atoms in total. The van der Waals surface area contributed by atoms with Crippen LogP contribution in [0.1, 0.15) is 47.4 Å². The van der Waals surface area contributed by atoms with E-state index in [2.05, 4.69) is 136 Å². The van der Waals surface area contributed by atoms with E-state index in [1.165, 1.54) is 28.0 Å². The van der Waals surface area contributed by atoms with Gasteiger partial charge >= 0.3 is 0 Å². The Balaban J connectivity index is 1.17. The Kier molecular flexibility index (Phi) is 11.2. The number of nitrogens with one attached hydrogen (secondary N) is 3. The minimum absolute atomic E-state index is 0.129. The van der Waals surface area contributed by atoms with Crippen LogP contribution in [0.2, 0.25) is 0 Å². The summed E-state index contributed by atoms with van der Waals surface area (Å²) in [5.41, 5.74) is 6.15. The largest absolute Gasteiger partial charge is 0.387 e. The first-order valence-corrected chi connectivity index (χ1v) is 17.6. The SMILES string of the molecule is C=C(CCC(C)c1ccc(I)c(I)c1)C(=N)C1C=CC=NC1NCc1ccc(C2=CC=C3N=CC(NC)=CCC3C=C2)s1. The third-order valence-electron chi connectivity index (χ3n) is 8.08. The molecule has 0 radical (unpaired) electrons. The monoisotopic (exact) mass is 813 g/mol. The Bertz CT molecular complexity index is 1590. The van der Waals surface area contributed by atoms with E-state index in [4.69, 9.17) is 15.4 Å². The van der Waals surface area contributed by atoms with Gasteiger partial charge in [0.25, 0.3) is 0 Å². The van der Waals surface area contributed by atoms with Crippen LogP contribution in [0.3, 0.4) is 0 Å². The molecule has 3 heterocycles. The minimum atomic E-state index is -0.183. The van der Waals surface area contributed by atoms with E-state index in [1.54, 1.807) is 11.3 Å². The molecule has 5 rings (SSSR count).